The molecule has 0 spiro atoms. The van der Waals surface area contributed by atoms with Crippen molar-refractivity contribution in [2.75, 3.05) is 26.7 Å². The molecular weight excluding hydrogens is 384 g/mol. The third-order valence-corrected chi connectivity index (χ3v) is 5.69. The van der Waals surface area contributed by atoms with Crippen molar-refractivity contribution in [2.24, 2.45) is 0 Å². The molecule has 9 heteroatoms. The van der Waals surface area contributed by atoms with Crippen LogP contribution in [0.3, 0.4) is 0 Å². The van der Waals surface area contributed by atoms with Gasteiger partial charge in [0, 0.05) is 20.1 Å². The monoisotopic (exact) mass is 410 g/mol. The summed E-state index contributed by atoms with van der Waals surface area (Å²) in [6.45, 7) is 1.80. The van der Waals surface area contributed by atoms with Gasteiger partial charge >= 0.3 is 0 Å². The van der Waals surface area contributed by atoms with Crippen LogP contribution in [-0.4, -0.2) is 69.2 Å². The number of hydrogen-bond acceptors (Lipinski definition) is 5. The number of nitrogens with one attached hydrogen (secondary N) is 1. The molecule has 0 saturated carbocycles. The van der Waals surface area contributed by atoms with Crippen LogP contribution in [0, 0.1) is 0 Å². The molecule has 2 aromatic rings. The molecule has 1 aromatic carbocycles. The molecule has 3 heterocycles. The van der Waals surface area contributed by atoms with Crippen molar-refractivity contribution in [3.63, 3.8) is 0 Å². The number of likely N-dealkylation sites (N-methyl/N-ethyl adjacent to an activating group) is 1. The summed E-state index contributed by atoms with van der Waals surface area (Å²) >= 11 is 0. The van der Waals surface area contributed by atoms with E-state index >= 15 is 0 Å². The van der Waals surface area contributed by atoms with Gasteiger partial charge < -0.3 is 15.1 Å². The van der Waals surface area contributed by atoms with E-state index in [1.165, 1.54) is 9.58 Å². The zero-order valence-corrected chi connectivity index (χ0v) is 17.1. The molecule has 158 valence electrons. The minimum atomic E-state index is -0.479. The van der Waals surface area contributed by atoms with Gasteiger partial charge in [-0.05, 0) is 18.4 Å². The van der Waals surface area contributed by atoms with E-state index in [2.05, 4.69) is 15.6 Å². The lowest BCUT2D eigenvalue weighted by Crippen LogP contribution is -2.43. The highest BCUT2D eigenvalue weighted by atomic mass is 16.2. The van der Waals surface area contributed by atoms with E-state index in [0.29, 0.717) is 6.54 Å². The average Bonchev–Trinajstić information content (AvgIpc) is 3.00. The van der Waals surface area contributed by atoms with Gasteiger partial charge in [-0.15, -0.1) is 5.10 Å². The van der Waals surface area contributed by atoms with Gasteiger partial charge in [-0.1, -0.05) is 48.4 Å². The van der Waals surface area contributed by atoms with Crippen molar-refractivity contribution in [3.05, 3.63) is 47.3 Å². The summed E-state index contributed by atoms with van der Waals surface area (Å²) in [5.74, 6) is -0.953. The number of hydrogen-bond donors (Lipinski definition) is 1. The van der Waals surface area contributed by atoms with Gasteiger partial charge in [-0.25, -0.2) is 4.68 Å². The third kappa shape index (κ3) is 4.05. The summed E-state index contributed by atoms with van der Waals surface area (Å²) in [7, 11) is 1.55. The molecule has 1 aromatic heterocycles. The number of aromatic nitrogens is 3. The number of carbonyl (C=O) groups excluding carboxylic acids is 3. The smallest absolute Gasteiger partial charge is 0.277 e. The second-order valence-corrected chi connectivity index (χ2v) is 7.86. The Morgan fingerprint density at radius 2 is 1.83 bits per heavy atom. The molecule has 2 aliphatic heterocycles. The predicted octanol–water partition coefficient (Wildman–Crippen LogP) is 1.24. The summed E-state index contributed by atoms with van der Waals surface area (Å²) < 4.78 is 1.47. The fraction of sp³-hybridized carbons (Fsp3) is 0.476. The zero-order valence-electron chi connectivity index (χ0n) is 17.1. The number of carbonyl (C=O) groups is 3. The molecule has 30 heavy (non-hydrogen) atoms. The van der Waals surface area contributed by atoms with E-state index in [-0.39, 0.29) is 29.9 Å². The van der Waals surface area contributed by atoms with E-state index in [1.54, 1.807) is 7.05 Å². The fourth-order valence-corrected chi connectivity index (χ4v) is 4.00. The molecule has 9 nitrogen and oxygen atoms in total. The van der Waals surface area contributed by atoms with Crippen LogP contribution in [0.15, 0.2) is 30.3 Å². The Kier molecular flexibility index (Phi) is 5.78. The Bertz CT molecular complexity index is 933. The van der Waals surface area contributed by atoms with Gasteiger partial charge in [0.25, 0.3) is 11.8 Å². The largest absolute Gasteiger partial charge is 0.342 e. The van der Waals surface area contributed by atoms with Crippen LogP contribution in [0.25, 0.3) is 0 Å². The minimum Gasteiger partial charge on any atom is -0.342 e. The van der Waals surface area contributed by atoms with Crippen LogP contribution in [0.5, 0.6) is 0 Å². The van der Waals surface area contributed by atoms with Crippen molar-refractivity contribution in [1.29, 1.82) is 0 Å². The maximum Gasteiger partial charge on any atom is 0.277 e. The van der Waals surface area contributed by atoms with E-state index in [0.717, 1.165) is 44.3 Å². The summed E-state index contributed by atoms with van der Waals surface area (Å²) in [6, 6.07) is 9.35. The van der Waals surface area contributed by atoms with Gasteiger partial charge in [-0.2, -0.15) is 0 Å². The quantitative estimate of drug-likeness (QED) is 0.817. The molecule has 0 aliphatic carbocycles. The Balaban J connectivity index is 1.46. The lowest BCUT2D eigenvalue weighted by Gasteiger charge is -2.26. The topological polar surface area (TPSA) is 100 Å². The molecule has 1 fully saturated rings. The lowest BCUT2D eigenvalue weighted by atomic mass is 10.0. The van der Waals surface area contributed by atoms with Gasteiger partial charge in [0.2, 0.25) is 5.91 Å². The fourth-order valence-electron chi connectivity index (χ4n) is 4.00. The van der Waals surface area contributed by atoms with Crippen LogP contribution >= 0.6 is 0 Å². The molecule has 4 rings (SSSR count). The number of rotatable bonds is 4. The maximum atomic E-state index is 12.9. The Morgan fingerprint density at radius 1 is 1.13 bits per heavy atom. The molecule has 0 radical (unpaired) electrons. The highest BCUT2D eigenvalue weighted by molar-refractivity contribution is 6.05. The van der Waals surface area contributed by atoms with Crippen LogP contribution in [-0.2, 0) is 11.3 Å². The van der Waals surface area contributed by atoms with Crippen LogP contribution in [0.2, 0.25) is 0 Å². The van der Waals surface area contributed by atoms with E-state index in [1.807, 2.05) is 35.2 Å². The molecule has 1 N–H and O–H groups in total. The number of nitrogens with zero attached hydrogens (tertiary/aromatic N) is 5. The van der Waals surface area contributed by atoms with Gasteiger partial charge in [0.05, 0.1) is 19.1 Å². The van der Waals surface area contributed by atoms with E-state index < -0.39 is 11.8 Å². The first-order valence-electron chi connectivity index (χ1n) is 10.4. The second-order valence-electron chi connectivity index (χ2n) is 7.86. The van der Waals surface area contributed by atoms with Crippen LogP contribution in [0.1, 0.15) is 58.3 Å². The summed E-state index contributed by atoms with van der Waals surface area (Å²) in [6.07, 6.45) is 4.24. The molecule has 1 saturated heterocycles. The zero-order chi connectivity index (χ0) is 21.1. The first-order valence-corrected chi connectivity index (χ1v) is 10.4. The highest BCUT2D eigenvalue weighted by Crippen LogP contribution is 2.22. The highest BCUT2D eigenvalue weighted by Gasteiger charge is 2.34. The van der Waals surface area contributed by atoms with Crippen molar-refractivity contribution < 1.29 is 14.4 Å². The molecular formula is C21H26N6O3. The first-order chi connectivity index (χ1) is 14.5. The van der Waals surface area contributed by atoms with Crippen molar-refractivity contribution in [1.82, 2.24) is 30.1 Å². The molecule has 1 unspecified atom stereocenters. The van der Waals surface area contributed by atoms with Gasteiger partial charge in [0.1, 0.15) is 0 Å². The Morgan fingerprint density at radius 3 is 2.53 bits per heavy atom. The van der Waals surface area contributed by atoms with Gasteiger partial charge in [0.15, 0.2) is 11.4 Å². The number of fused-ring (bicyclic) bond motifs is 1. The normalized spacial score (nSPS) is 18.9. The molecule has 0 bridgehead atoms. The summed E-state index contributed by atoms with van der Waals surface area (Å²) in [5, 5.41) is 10.9. The van der Waals surface area contributed by atoms with E-state index in [4.69, 9.17) is 0 Å². The predicted molar refractivity (Wildman–Crippen MR) is 109 cm³/mol. The number of amides is 3. The SMILES string of the molecule is CN(CC(=O)N1CCCCCC1)C(=O)c1nnn2c1C(=O)NC(c1ccccc1)C2. The molecule has 3 amide bonds. The number of benzene rings is 1. The van der Waals surface area contributed by atoms with Crippen LogP contribution in [0.4, 0.5) is 0 Å². The average molecular weight is 410 g/mol. The van der Waals surface area contributed by atoms with Crippen molar-refractivity contribution in [2.45, 2.75) is 38.3 Å². The third-order valence-electron chi connectivity index (χ3n) is 5.69. The Hall–Kier alpha value is -3.23. The van der Waals surface area contributed by atoms with Crippen LogP contribution < -0.4 is 5.32 Å². The summed E-state index contributed by atoms with van der Waals surface area (Å²) in [4.78, 5) is 41.4. The van der Waals surface area contributed by atoms with Gasteiger partial charge in [-0.3, -0.25) is 14.4 Å². The standard InChI is InChI=1S/C21H26N6O3/c1-25(14-17(28)26-11-7-2-3-8-12-26)21(30)18-19-20(29)22-16(13-27(19)24-23-18)15-9-5-4-6-10-15/h4-6,9-10,16H,2-3,7-8,11-14H2,1H3,(H,22,29). The second kappa shape index (κ2) is 8.64. The Labute approximate surface area is 175 Å². The van der Waals surface area contributed by atoms with E-state index in [9.17, 15) is 14.4 Å². The molecule has 2 aliphatic rings. The minimum absolute atomic E-state index is 0.0230. The molecule has 1 atom stereocenters. The number of likely N-dealkylation sites (tertiary alicyclic amines) is 1. The van der Waals surface area contributed by atoms with Crippen molar-refractivity contribution in [3.8, 4) is 0 Å². The van der Waals surface area contributed by atoms with Crippen molar-refractivity contribution >= 4 is 17.7 Å². The summed E-state index contributed by atoms with van der Waals surface area (Å²) in [5.41, 5.74) is 1.08. The maximum absolute atomic E-state index is 12.9. The first kappa shape index (κ1) is 20.1. The lowest BCUT2D eigenvalue weighted by molar-refractivity contribution is -0.131.